The third-order valence-electron chi connectivity index (χ3n) is 9.35. The van der Waals surface area contributed by atoms with Crippen molar-refractivity contribution >= 4 is 40.7 Å². The summed E-state index contributed by atoms with van der Waals surface area (Å²) in [5.41, 5.74) is 1.25. The summed E-state index contributed by atoms with van der Waals surface area (Å²) < 4.78 is 22.5. The van der Waals surface area contributed by atoms with Gasteiger partial charge in [-0.05, 0) is 60.0 Å². The number of nitrogens with one attached hydrogen (secondary N) is 1. The summed E-state index contributed by atoms with van der Waals surface area (Å²) in [6.45, 7) is 0. The van der Waals surface area contributed by atoms with Gasteiger partial charge in [-0.15, -0.1) is 11.8 Å². The fourth-order valence-corrected chi connectivity index (χ4v) is 9.35. The molecule has 4 aliphatic rings. The van der Waals surface area contributed by atoms with E-state index in [-0.39, 0.29) is 23.7 Å². The first-order valence-electron chi connectivity index (χ1n) is 13.3. The van der Waals surface area contributed by atoms with Gasteiger partial charge in [-0.1, -0.05) is 17.7 Å². The molecule has 3 aliphatic heterocycles. The van der Waals surface area contributed by atoms with Crippen LogP contribution >= 0.6 is 23.4 Å². The lowest BCUT2D eigenvalue weighted by Gasteiger charge is -2.44. The molecule has 0 saturated carbocycles. The Morgan fingerprint density at radius 3 is 2.34 bits per heavy atom. The Labute approximate surface area is 247 Å². The zero-order chi connectivity index (χ0) is 28.7. The van der Waals surface area contributed by atoms with Gasteiger partial charge in [0.05, 0.1) is 33.9 Å². The predicted molar refractivity (Wildman–Crippen MR) is 157 cm³/mol. The summed E-state index contributed by atoms with van der Waals surface area (Å²) in [6.07, 6.45) is 0.345. The van der Waals surface area contributed by atoms with Gasteiger partial charge in [0.2, 0.25) is 0 Å². The van der Waals surface area contributed by atoms with Crippen molar-refractivity contribution in [3.8, 4) is 23.0 Å². The van der Waals surface area contributed by atoms with E-state index in [4.69, 9.17) is 30.5 Å². The van der Waals surface area contributed by atoms with Gasteiger partial charge in [0, 0.05) is 45.4 Å². The quantitative estimate of drug-likeness (QED) is 0.437. The highest BCUT2D eigenvalue weighted by Crippen LogP contribution is 2.71. The van der Waals surface area contributed by atoms with Crippen molar-refractivity contribution in [1.82, 2.24) is 4.90 Å². The van der Waals surface area contributed by atoms with Crippen molar-refractivity contribution in [1.29, 1.82) is 0 Å². The highest BCUT2D eigenvalue weighted by Gasteiger charge is 2.79. The normalized spacial score (nSPS) is 27.6. The van der Waals surface area contributed by atoms with Crippen molar-refractivity contribution in [3.63, 3.8) is 0 Å². The predicted octanol–water partition coefficient (Wildman–Crippen LogP) is 5.12. The minimum Gasteiger partial charge on any atom is -0.493 e. The van der Waals surface area contributed by atoms with E-state index in [2.05, 4.69) is 10.2 Å². The number of amides is 1. The summed E-state index contributed by atoms with van der Waals surface area (Å²) in [4.78, 5) is 32.0. The summed E-state index contributed by atoms with van der Waals surface area (Å²) in [5, 5.41) is 3.64. The van der Waals surface area contributed by atoms with Crippen LogP contribution in [0.15, 0.2) is 48.5 Å². The highest BCUT2D eigenvalue weighted by molar-refractivity contribution is 7.99. The Kier molecular flexibility index (Phi) is 6.01. The number of methoxy groups -OCH3 is 4. The van der Waals surface area contributed by atoms with E-state index in [0.717, 1.165) is 22.4 Å². The molecule has 0 aromatic heterocycles. The molecule has 1 amide bonds. The van der Waals surface area contributed by atoms with E-state index in [0.29, 0.717) is 51.6 Å². The fraction of sp³-hybridized carbons (Fsp3) is 0.355. The Bertz CT molecular complexity index is 1630. The third-order valence-corrected chi connectivity index (χ3v) is 10.6. The van der Waals surface area contributed by atoms with Crippen LogP contribution in [0.3, 0.4) is 0 Å². The molecule has 2 fully saturated rings. The number of hydrogen-bond donors (Lipinski definition) is 1. The number of thioether (sulfide) groups is 1. The molecule has 8 nitrogen and oxygen atoms in total. The number of hydrogen-bond acceptors (Lipinski definition) is 8. The van der Waals surface area contributed by atoms with Gasteiger partial charge in [0.25, 0.3) is 5.91 Å². The zero-order valence-electron chi connectivity index (χ0n) is 23.1. The van der Waals surface area contributed by atoms with Crippen molar-refractivity contribution in [3.05, 3.63) is 75.8 Å². The van der Waals surface area contributed by atoms with Crippen LogP contribution < -0.4 is 24.3 Å². The summed E-state index contributed by atoms with van der Waals surface area (Å²) >= 11 is 8.36. The number of ether oxygens (including phenoxy) is 4. The van der Waals surface area contributed by atoms with Gasteiger partial charge in [-0.3, -0.25) is 14.5 Å². The molecule has 3 heterocycles. The van der Waals surface area contributed by atoms with E-state index in [1.165, 1.54) is 0 Å². The van der Waals surface area contributed by atoms with Gasteiger partial charge in [0.15, 0.2) is 28.8 Å². The lowest BCUT2D eigenvalue weighted by Crippen LogP contribution is -2.58. The number of Topliss-reactive ketones (excluding diaryl/α,β-unsaturated/α-hetero) is 1. The van der Waals surface area contributed by atoms with Crippen molar-refractivity contribution in [2.24, 2.45) is 5.41 Å². The molecule has 0 radical (unpaired) electrons. The van der Waals surface area contributed by atoms with Crippen LogP contribution in [0.25, 0.3) is 0 Å². The minimum atomic E-state index is -1.28. The Balaban J connectivity index is 1.56. The number of carbonyl (C=O) groups excluding carboxylic acids is 2. The minimum absolute atomic E-state index is 0.0874. The lowest BCUT2D eigenvalue weighted by molar-refractivity contribution is -0.130. The van der Waals surface area contributed by atoms with Crippen molar-refractivity contribution in [2.75, 3.05) is 45.4 Å². The monoisotopic (exact) mass is 592 g/mol. The molecular formula is C31H29ClN2O6S. The van der Waals surface area contributed by atoms with E-state index in [1.807, 2.05) is 36.4 Å². The first-order valence-corrected chi connectivity index (χ1v) is 14.9. The van der Waals surface area contributed by atoms with Crippen LogP contribution in [0.2, 0.25) is 5.02 Å². The van der Waals surface area contributed by atoms with Crippen molar-refractivity contribution < 1.29 is 28.5 Å². The first kappa shape index (κ1) is 26.5. The molecule has 0 bridgehead atoms. The second-order valence-electron chi connectivity index (χ2n) is 10.8. The Morgan fingerprint density at radius 1 is 0.902 bits per heavy atom. The third kappa shape index (κ3) is 3.22. The SMILES string of the molecule is COc1ccc(C2C3CSCN3C3(C(=O)Nc4ccc(Cl)cc43)C23Cc2cc(OC)c(OC)cc2C3=O)cc1OC. The number of carbonyl (C=O) groups is 2. The summed E-state index contributed by atoms with van der Waals surface area (Å²) in [7, 11) is 6.33. The van der Waals surface area contributed by atoms with Gasteiger partial charge < -0.3 is 24.3 Å². The number of benzene rings is 3. The molecule has 2 spiro atoms. The van der Waals surface area contributed by atoms with Gasteiger partial charge in [-0.2, -0.15) is 0 Å². The molecule has 7 rings (SSSR count). The van der Waals surface area contributed by atoms with Crippen LogP contribution in [0.5, 0.6) is 23.0 Å². The second-order valence-corrected chi connectivity index (χ2v) is 12.3. The van der Waals surface area contributed by atoms with E-state index in [1.54, 1.807) is 52.3 Å². The van der Waals surface area contributed by atoms with E-state index in [9.17, 15) is 4.79 Å². The number of halogens is 1. The first-order chi connectivity index (χ1) is 19.8. The fourth-order valence-electron chi connectivity index (χ4n) is 7.87. The number of nitrogens with zero attached hydrogens (tertiary/aromatic N) is 1. The average Bonchev–Trinajstić information content (AvgIpc) is 3.70. The molecule has 4 unspecified atom stereocenters. The Morgan fingerprint density at radius 2 is 1.61 bits per heavy atom. The second kappa shape index (κ2) is 9.31. The number of rotatable bonds is 5. The molecule has 2 saturated heterocycles. The number of ketones is 1. The van der Waals surface area contributed by atoms with Gasteiger partial charge >= 0.3 is 0 Å². The zero-order valence-corrected chi connectivity index (χ0v) is 24.7. The smallest absolute Gasteiger partial charge is 0.250 e. The molecule has 4 atom stereocenters. The maximum Gasteiger partial charge on any atom is 0.250 e. The summed E-state index contributed by atoms with van der Waals surface area (Å²) in [6, 6.07) is 14.8. The lowest BCUT2D eigenvalue weighted by atomic mass is 9.58. The molecule has 3 aromatic rings. The maximum atomic E-state index is 15.2. The number of anilines is 1. The maximum absolute atomic E-state index is 15.2. The van der Waals surface area contributed by atoms with Crippen LogP contribution in [0, 0.1) is 5.41 Å². The van der Waals surface area contributed by atoms with Crippen LogP contribution in [-0.2, 0) is 16.8 Å². The molecule has 1 N–H and O–H groups in total. The molecule has 1 aliphatic carbocycles. The van der Waals surface area contributed by atoms with Crippen LogP contribution in [-0.4, -0.2) is 62.7 Å². The molecule has 3 aromatic carbocycles. The molecule has 41 heavy (non-hydrogen) atoms. The van der Waals surface area contributed by atoms with Crippen LogP contribution in [0.4, 0.5) is 5.69 Å². The molecule has 212 valence electrons. The number of fused-ring (bicyclic) bond motifs is 6. The van der Waals surface area contributed by atoms with Crippen molar-refractivity contribution in [2.45, 2.75) is 23.9 Å². The topological polar surface area (TPSA) is 86.3 Å². The van der Waals surface area contributed by atoms with E-state index < -0.39 is 11.0 Å². The molecular weight excluding hydrogens is 564 g/mol. The summed E-state index contributed by atoms with van der Waals surface area (Å²) in [5.74, 6) is 2.92. The van der Waals surface area contributed by atoms with Crippen LogP contribution in [0.1, 0.15) is 33.0 Å². The van der Waals surface area contributed by atoms with E-state index >= 15 is 4.79 Å². The highest BCUT2D eigenvalue weighted by atomic mass is 35.5. The standard InChI is InChI=1S/C31H29ClN2O6S/c1-37-23-8-5-16(9-24(23)38-2)27-22-14-41-15-34(22)31(20-11-18(32)6-7-21(20)33-29(31)36)30(27)13-17-10-25(39-3)26(40-4)12-19(17)28(30)35/h5-12,22,27H,13-15H2,1-4H3,(H,33,36). The Hall–Kier alpha value is -3.40. The van der Waals surface area contributed by atoms with Gasteiger partial charge in [-0.25, -0.2) is 0 Å². The average molecular weight is 593 g/mol. The largest absolute Gasteiger partial charge is 0.493 e. The van der Waals surface area contributed by atoms with Gasteiger partial charge in [0.1, 0.15) is 5.54 Å². The molecule has 10 heteroatoms.